The van der Waals surface area contributed by atoms with E-state index in [4.69, 9.17) is 14.2 Å². The van der Waals surface area contributed by atoms with Crippen molar-refractivity contribution in [2.45, 2.75) is 25.0 Å². The van der Waals surface area contributed by atoms with E-state index in [1.54, 1.807) is 0 Å². The van der Waals surface area contributed by atoms with E-state index in [2.05, 4.69) is 11.0 Å². The predicted octanol–water partition coefficient (Wildman–Crippen LogP) is 0.553. The monoisotopic (exact) mass is 253 g/mol. The molecule has 0 N–H and O–H groups in total. The number of carbonyl (C=O) groups excluding carboxylic acids is 1. The Morgan fingerprint density at radius 1 is 1.50 bits per heavy atom. The Morgan fingerprint density at radius 2 is 2.22 bits per heavy atom. The highest BCUT2D eigenvalue weighted by Gasteiger charge is 2.55. The summed E-state index contributed by atoms with van der Waals surface area (Å²) in [6.07, 6.45) is 2.87. The molecule has 100 valence electrons. The second-order valence-electron chi connectivity index (χ2n) is 5.27. The van der Waals surface area contributed by atoms with Crippen LogP contribution in [0.1, 0.15) is 13.3 Å². The van der Waals surface area contributed by atoms with Gasteiger partial charge in [0.15, 0.2) is 0 Å². The molecule has 3 atom stereocenters. The number of hydrogen-bond donors (Lipinski definition) is 0. The quantitative estimate of drug-likeness (QED) is 0.673. The van der Waals surface area contributed by atoms with Gasteiger partial charge in [-0.1, -0.05) is 0 Å². The van der Waals surface area contributed by atoms with E-state index in [0.717, 1.165) is 32.7 Å². The Labute approximate surface area is 107 Å². The minimum atomic E-state index is -0.495. The minimum absolute atomic E-state index is 0.0391. The summed E-state index contributed by atoms with van der Waals surface area (Å²) in [6.45, 7) is 5.32. The van der Waals surface area contributed by atoms with E-state index in [0.29, 0.717) is 0 Å². The van der Waals surface area contributed by atoms with Gasteiger partial charge in [-0.2, -0.15) is 0 Å². The van der Waals surface area contributed by atoms with Crippen LogP contribution >= 0.6 is 0 Å². The Bertz CT molecular complexity index is 388. The number of esters is 1. The van der Waals surface area contributed by atoms with Crippen LogP contribution in [0.3, 0.4) is 0 Å². The fraction of sp³-hybridized carbons (Fsp3) is 0.769. The first-order valence-corrected chi connectivity index (χ1v) is 6.45. The second-order valence-corrected chi connectivity index (χ2v) is 5.27. The zero-order chi connectivity index (χ0) is 12.8. The van der Waals surface area contributed by atoms with E-state index in [-0.39, 0.29) is 18.0 Å². The van der Waals surface area contributed by atoms with Crippen LogP contribution in [0.5, 0.6) is 0 Å². The molecule has 0 aromatic heterocycles. The number of ether oxygens (including phenoxy) is 3. The molecule has 0 aromatic rings. The lowest BCUT2D eigenvalue weighted by molar-refractivity contribution is -0.149. The van der Waals surface area contributed by atoms with Crippen LogP contribution in [0, 0.1) is 5.92 Å². The van der Waals surface area contributed by atoms with Crippen molar-refractivity contribution in [2.75, 3.05) is 33.4 Å². The molecule has 0 saturated carbocycles. The summed E-state index contributed by atoms with van der Waals surface area (Å²) in [5.41, 5.74) is 0.728. The molecule has 18 heavy (non-hydrogen) atoms. The Hall–Kier alpha value is -1.07. The van der Waals surface area contributed by atoms with Gasteiger partial charge in [-0.25, -0.2) is 0 Å². The number of nitrogens with zero attached hydrogens (tertiary/aromatic N) is 1. The number of methoxy groups -OCH3 is 1. The van der Waals surface area contributed by atoms with Gasteiger partial charge in [0.2, 0.25) is 0 Å². The molecule has 3 heterocycles. The lowest BCUT2D eigenvalue weighted by Gasteiger charge is -2.33. The van der Waals surface area contributed by atoms with Crippen molar-refractivity contribution >= 4 is 5.97 Å². The summed E-state index contributed by atoms with van der Waals surface area (Å²) >= 11 is 0. The zero-order valence-electron chi connectivity index (χ0n) is 10.8. The Balaban J connectivity index is 1.79. The summed E-state index contributed by atoms with van der Waals surface area (Å²) in [5.74, 6) is -0.338. The third-order valence-corrected chi connectivity index (χ3v) is 4.16. The molecule has 0 aromatic carbocycles. The van der Waals surface area contributed by atoms with Gasteiger partial charge >= 0.3 is 5.97 Å². The maximum Gasteiger partial charge on any atom is 0.312 e. The highest BCUT2D eigenvalue weighted by atomic mass is 16.5. The van der Waals surface area contributed by atoms with Gasteiger partial charge in [0, 0.05) is 18.8 Å². The molecule has 2 fully saturated rings. The highest BCUT2D eigenvalue weighted by Crippen LogP contribution is 2.47. The van der Waals surface area contributed by atoms with Crippen molar-refractivity contribution in [1.29, 1.82) is 0 Å². The maximum atomic E-state index is 11.7. The summed E-state index contributed by atoms with van der Waals surface area (Å²) < 4.78 is 16.2. The van der Waals surface area contributed by atoms with Crippen LogP contribution in [0.4, 0.5) is 0 Å². The normalized spacial score (nSPS) is 38.8. The number of fused-ring (bicyclic) bond motifs is 2. The smallest absolute Gasteiger partial charge is 0.312 e. The first-order valence-electron chi connectivity index (χ1n) is 6.45. The Kier molecular flexibility index (Phi) is 2.83. The van der Waals surface area contributed by atoms with Gasteiger partial charge in [0.25, 0.3) is 0 Å². The number of hydrogen-bond acceptors (Lipinski definition) is 5. The summed E-state index contributed by atoms with van der Waals surface area (Å²) in [4.78, 5) is 14.0. The standard InChI is InChI=1S/C13H19NO4/c1-13-8-10(14-3-5-17-6-4-14)11(18-13)7-9(13)12(15)16-2/h8-9,11H,3-7H2,1-2H3. The van der Waals surface area contributed by atoms with Crippen molar-refractivity contribution in [3.8, 4) is 0 Å². The predicted molar refractivity (Wildman–Crippen MR) is 63.9 cm³/mol. The molecule has 0 radical (unpaired) electrons. The van der Waals surface area contributed by atoms with E-state index >= 15 is 0 Å². The topological polar surface area (TPSA) is 48.0 Å². The van der Waals surface area contributed by atoms with Gasteiger partial charge in [-0.3, -0.25) is 4.79 Å². The number of rotatable bonds is 2. The molecule has 5 nitrogen and oxygen atoms in total. The Morgan fingerprint density at radius 3 is 2.78 bits per heavy atom. The SMILES string of the molecule is COC(=O)C1CC2OC1(C)C=C2N1CCOCC1. The molecular weight excluding hydrogens is 234 g/mol. The maximum absolute atomic E-state index is 11.7. The van der Waals surface area contributed by atoms with Crippen molar-refractivity contribution < 1.29 is 19.0 Å². The lowest BCUT2D eigenvalue weighted by Crippen LogP contribution is -2.40. The molecule has 3 rings (SSSR count). The molecule has 3 aliphatic rings. The largest absolute Gasteiger partial charge is 0.469 e. The first-order chi connectivity index (χ1) is 8.64. The van der Waals surface area contributed by atoms with Crippen LogP contribution in [0.15, 0.2) is 11.8 Å². The molecule has 3 aliphatic heterocycles. The number of morpholine rings is 1. The summed E-state index contributed by atoms with van der Waals surface area (Å²) in [6, 6.07) is 0. The van der Waals surface area contributed by atoms with Crippen LogP contribution < -0.4 is 0 Å². The molecule has 3 unspecified atom stereocenters. The van der Waals surface area contributed by atoms with Gasteiger partial charge in [0.1, 0.15) is 0 Å². The zero-order valence-corrected chi connectivity index (χ0v) is 10.8. The first kappa shape index (κ1) is 12.0. The van der Waals surface area contributed by atoms with Gasteiger partial charge in [0.05, 0.1) is 37.9 Å². The van der Waals surface area contributed by atoms with Crippen molar-refractivity contribution in [2.24, 2.45) is 5.92 Å². The van der Waals surface area contributed by atoms with Crippen LogP contribution in [0.2, 0.25) is 0 Å². The highest BCUT2D eigenvalue weighted by molar-refractivity contribution is 5.75. The summed E-state index contributed by atoms with van der Waals surface area (Å²) in [5, 5.41) is 0. The average molecular weight is 253 g/mol. The molecular formula is C13H19NO4. The van der Waals surface area contributed by atoms with E-state index in [1.165, 1.54) is 12.8 Å². The van der Waals surface area contributed by atoms with Gasteiger partial charge < -0.3 is 19.1 Å². The van der Waals surface area contributed by atoms with E-state index in [1.807, 2.05) is 6.92 Å². The third-order valence-electron chi connectivity index (χ3n) is 4.16. The van der Waals surface area contributed by atoms with Gasteiger partial charge in [-0.15, -0.1) is 0 Å². The fourth-order valence-electron chi connectivity index (χ4n) is 3.18. The van der Waals surface area contributed by atoms with E-state index in [9.17, 15) is 4.79 Å². The molecule has 0 aliphatic carbocycles. The number of carbonyl (C=O) groups is 1. The molecule has 2 saturated heterocycles. The molecule has 5 heteroatoms. The van der Waals surface area contributed by atoms with Crippen molar-refractivity contribution in [3.63, 3.8) is 0 Å². The van der Waals surface area contributed by atoms with Crippen LogP contribution in [-0.4, -0.2) is 56.0 Å². The average Bonchev–Trinajstić information content (AvgIpc) is 2.91. The van der Waals surface area contributed by atoms with Crippen LogP contribution in [-0.2, 0) is 19.0 Å². The molecule has 2 bridgehead atoms. The lowest BCUT2D eigenvalue weighted by atomic mass is 9.83. The van der Waals surface area contributed by atoms with E-state index < -0.39 is 5.60 Å². The van der Waals surface area contributed by atoms with Crippen molar-refractivity contribution in [3.05, 3.63) is 11.8 Å². The summed E-state index contributed by atoms with van der Waals surface area (Å²) in [7, 11) is 1.43. The molecule has 0 spiro atoms. The third kappa shape index (κ3) is 1.73. The molecule has 0 amide bonds. The second kappa shape index (κ2) is 4.24. The van der Waals surface area contributed by atoms with Crippen molar-refractivity contribution in [1.82, 2.24) is 4.90 Å². The minimum Gasteiger partial charge on any atom is -0.469 e. The van der Waals surface area contributed by atoms with Crippen LogP contribution in [0.25, 0.3) is 0 Å². The van der Waals surface area contributed by atoms with Gasteiger partial charge in [-0.05, 0) is 19.4 Å². The fourth-order valence-corrected chi connectivity index (χ4v) is 3.18.